The van der Waals surface area contributed by atoms with Crippen LogP contribution in [0.15, 0.2) is 0 Å². The number of nitrogens with two attached hydrogens (primary N) is 1. The molecule has 1 heterocycles. The van der Waals surface area contributed by atoms with Crippen molar-refractivity contribution in [3.05, 3.63) is 17.2 Å². The minimum atomic E-state index is 0.0216. The molecular formula is C17H33N3O. The van der Waals surface area contributed by atoms with Gasteiger partial charge in [0, 0.05) is 6.42 Å². The molecule has 0 amide bonds. The Bertz CT molecular complexity index is 388. The third kappa shape index (κ3) is 6.18. The summed E-state index contributed by atoms with van der Waals surface area (Å²) in [5.41, 5.74) is 7.54. The van der Waals surface area contributed by atoms with Crippen molar-refractivity contribution in [1.29, 1.82) is 0 Å². The number of hydrogen-bond acceptors (Lipinski definition) is 3. The fourth-order valence-corrected chi connectivity index (χ4v) is 2.87. The van der Waals surface area contributed by atoms with Gasteiger partial charge in [-0.15, -0.1) is 0 Å². The Balaban J connectivity index is 2.18. The Morgan fingerprint density at radius 1 is 1.00 bits per heavy atom. The molecule has 122 valence electrons. The maximum atomic E-state index is 9.36. The first kappa shape index (κ1) is 18.2. The van der Waals surface area contributed by atoms with E-state index in [-0.39, 0.29) is 6.61 Å². The molecule has 0 radical (unpaired) electrons. The van der Waals surface area contributed by atoms with Gasteiger partial charge in [-0.25, -0.2) is 4.98 Å². The molecule has 0 fully saturated rings. The maximum absolute atomic E-state index is 9.36. The minimum absolute atomic E-state index is 0.0216. The molecule has 0 aliphatic carbocycles. The SMILES string of the molecule is CCCCCCCCCCCc1nc(C)c(CO)n1CN. The van der Waals surface area contributed by atoms with Gasteiger partial charge in [0.1, 0.15) is 5.82 Å². The van der Waals surface area contributed by atoms with Gasteiger partial charge < -0.3 is 15.4 Å². The molecule has 21 heavy (non-hydrogen) atoms. The third-order valence-electron chi connectivity index (χ3n) is 4.19. The zero-order valence-electron chi connectivity index (χ0n) is 13.9. The molecule has 1 aromatic heterocycles. The summed E-state index contributed by atoms with van der Waals surface area (Å²) in [6.07, 6.45) is 12.9. The van der Waals surface area contributed by atoms with Crippen LogP contribution in [-0.2, 0) is 19.7 Å². The van der Waals surface area contributed by atoms with Gasteiger partial charge in [-0.05, 0) is 13.3 Å². The zero-order chi connectivity index (χ0) is 15.5. The summed E-state index contributed by atoms with van der Waals surface area (Å²) < 4.78 is 1.96. The van der Waals surface area contributed by atoms with Crippen LogP contribution in [0.25, 0.3) is 0 Å². The highest BCUT2D eigenvalue weighted by Gasteiger charge is 2.11. The van der Waals surface area contributed by atoms with Gasteiger partial charge in [0.15, 0.2) is 0 Å². The third-order valence-corrected chi connectivity index (χ3v) is 4.19. The van der Waals surface area contributed by atoms with E-state index in [2.05, 4.69) is 11.9 Å². The van der Waals surface area contributed by atoms with Crippen LogP contribution in [0.3, 0.4) is 0 Å². The first-order chi connectivity index (χ1) is 10.2. The molecule has 1 rings (SSSR count). The van der Waals surface area contributed by atoms with E-state index in [0.29, 0.717) is 6.67 Å². The number of aryl methyl sites for hydroxylation is 2. The Labute approximate surface area is 129 Å². The molecule has 0 atom stereocenters. The van der Waals surface area contributed by atoms with Gasteiger partial charge in [0.25, 0.3) is 0 Å². The van der Waals surface area contributed by atoms with Crippen molar-refractivity contribution in [1.82, 2.24) is 9.55 Å². The Morgan fingerprint density at radius 2 is 1.57 bits per heavy atom. The number of imidazole rings is 1. The van der Waals surface area contributed by atoms with Crippen LogP contribution in [-0.4, -0.2) is 14.7 Å². The van der Waals surface area contributed by atoms with Crippen LogP contribution in [0.1, 0.15) is 81.9 Å². The van der Waals surface area contributed by atoms with Crippen LogP contribution in [0.2, 0.25) is 0 Å². The zero-order valence-corrected chi connectivity index (χ0v) is 13.9. The van der Waals surface area contributed by atoms with E-state index < -0.39 is 0 Å². The molecule has 0 spiro atoms. The smallest absolute Gasteiger partial charge is 0.110 e. The van der Waals surface area contributed by atoms with Crippen LogP contribution >= 0.6 is 0 Å². The Hall–Kier alpha value is -0.870. The molecule has 3 N–H and O–H groups in total. The number of unbranched alkanes of at least 4 members (excludes halogenated alkanes) is 8. The second-order valence-electron chi connectivity index (χ2n) is 5.91. The molecule has 0 saturated heterocycles. The predicted octanol–water partition coefficient (Wildman–Crippen LogP) is 3.67. The van der Waals surface area contributed by atoms with E-state index in [9.17, 15) is 5.11 Å². The van der Waals surface area contributed by atoms with Gasteiger partial charge in [0.05, 0.1) is 24.7 Å². The molecule has 4 nitrogen and oxygen atoms in total. The highest BCUT2D eigenvalue weighted by atomic mass is 16.3. The average molecular weight is 295 g/mol. The number of aliphatic hydroxyl groups is 1. The van der Waals surface area contributed by atoms with E-state index in [4.69, 9.17) is 5.73 Å². The van der Waals surface area contributed by atoms with Crippen molar-refractivity contribution in [2.45, 2.75) is 91.3 Å². The fraction of sp³-hybridized carbons (Fsp3) is 0.824. The van der Waals surface area contributed by atoms with Crippen LogP contribution in [0, 0.1) is 6.92 Å². The topological polar surface area (TPSA) is 64.1 Å². The van der Waals surface area contributed by atoms with E-state index in [1.807, 2.05) is 11.5 Å². The molecular weight excluding hydrogens is 262 g/mol. The Morgan fingerprint density at radius 3 is 2.10 bits per heavy atom. The summed E-state index contributed by atoms with van der Waals surface area (Å²) in [6, 6.07) is 0. The lowest BCUT2D eigenvalue weighted by Crippen LogP contribution is -2.14. The van der Waals surface area contributed by atoms with E-state index in [1.54, 1.807) is 0 Å². The first-order valence-corrected chi connectivity index (χ1v) is 8.60. The highest BCUT2D eigenvalue weighted by Crippen LogP contribution is 2.15. The van der Waals surface area contributed by atoms with Crippen molar-refractivity contribution in [2.75, 3.05) is 0 Å². The molecule has 0 saturated carbocycles. The molecule has 0 bridgehead atoms. The van der Waals surface area contributed by atoms with Crippen molar-refractivity contribution in [3.8, 4) is 0 Å². The monoisotopic (exact) mass is 295 g/mol. The lowest BCUT2D eigenvalue weighted by atomic mass is 10.1. The molecule has 0 aliphatic rings. The molecule has 0 aliphatic heterocycles. The van der Waals surface area contributed by atoms with Crippen molar-refractivity contribution < 1.29 is 5.11 Å². The number of nitrogens with zero attached hydrogens (tertiary/aromatic N) is 2. The van der Waals surface area contributed by atoms with E-state index in [1.165, 1.54) is 51.4 Å². The highest BCUT2D eigenvalue weighted by molar-refractivity contribution is 5.15. The van der Waals surface area contributed by atoms with Gasteiger partial charge in [-0.2, -0.15) is 0 Å². The summed E-state index contributed by atoms with van der Waals surface area (Å²) in [4.78, 5) is 4.54. The minimum Gasteiger partial charge on any atom is -0.390 e. The molecule has 0 aromatic carbocycles. The Kier molecular flexibility index (Phi) is 9.35. The van der Waals surface area contributed by atoms with E-state index >= 15 is 0 Å². The largest absolute Gasteiger partial charge is 0.390 e. The van der Waals surface area contributed by atoms with Crippen molar-refractivity contribution in [2.24, 2.45) is 5.73 Å². The maximum Gasteiger partial charge on any atom is 0.110 e. The summed E-state index contributed by atoms with van der Waals surface area (Å²) in [6.45, 7) is 4.63. The van der Waals surface area contributed by atoms with Crippen molar-refractivity contribution >= 4 is 0 Å². The van der Waals surface area contributed by atoms with Gasteiger partial charge in [-0.1, -0.05) is 58.3 Å². The summed E-state index contributed by atoms with van der Waals surface area (Å²) in [7, 11) is 0. The average Bonchev–Trinajstić information content (AvgIpc) is 2.80. The molecule has 1 aromatic rings. The van der Waals surface area contributed by atoms with Crippen LogP contribution in [0.5, 0.6) is 0 Å². The van der Waals surface area contributed by atoms with Gasteiger partial charge >= 0.3 is 0 Å². The fourth-order valence-electron chi connectivity index (χ4n) is 2.87. The summed E-state index contributed by atoms with van der Waals surface area (Å²) in [5.74, 6) is 1.03. The normalized spacial score (nSPS) is 11.2. The predicted molar refractivity (Wildman–Crippen MR) is 88.0 cm³/mol. The van der Waals surface area contributed by atoms with Crippen LogP contribution in [0.4, 0.5) is 0 Å². The van der Waals surface area contributed by atoms with E-state index in [0.717, 1.165) is 30.1 Å². The number of aliphatic hydroxyl groups excluding tert-OH is 1. The molecule has 0 unspecified atom stereocenters. The number of hydrogen-bond donors (Lipinski definition) is 2. The molecule has 4 heteroatoms. The second-order valence-corrected chi connectivity index (χ2v) is 5.91. The van der Waals surface area contributed by atoms with Gasteiger partial charge in [0.2, 0.25) is 0 Å². The van der Waals surface area contributed by atoms with Crippen molar-refractivity contribution in [3.63, 3.8) is 0 Å². The second kappa shape index (κ2) is 10.8. The first-order valence-electron chi connectivity index (χ1n) is 8.60. The lowest BCUT2D eigenvalue weighted by Gasteiger charge is -2.08. The van der Waals surface area contributed by atoms with Gasteiger partial charge in [-0.3, -0.25) is 0 Å². The van der Waals surface area contributed by atoms with Crippen LogP contribution < -0.4 is 5.73 Å². The quantitative estimate of drug-likeness (QED) is 0.578. The summed E-state index contributed by atoms with van der Waals surface area (Å²) >= 11 is 0. The number of aromatic nitrogens is 2. The lowest BCUT2D eigenvalue weighted by molar-refractivity contribution is 0.269. The number of rotatable bonds is 12. The standard InChI is InChI=1S/C17H33N3O/c1-3-4-5-6-7-8-9-10-11-12-17-19-15(2)16(13-21)20(17)14-18/h21H,3-14,18H2,1-2H3. The summed E-state index contributed by atoms with van der Waals surface area (Å²) in [5, 5.41) is 9.36.